The first-order valence-electron chi connectivity index (χ1n) is 18.3. The minimum Gasteiger partial charge on any atom is -0.481 e. The summed E-state index contributed by atoms with van der Waals surface area (Å²) in [6.45, 7) is 20.7. The Morgan fingerprint density at radius 3 is 2.33 bits per heavy atom. The largest absolute Gasteiger partial charge is 0.481 e. The predicted molar refractivity (Wildman–Crippen MR) is 202 cm³/mol. The van der Waals surface area contributed by atoms with Gasteiger partial charge in [-0.2, -0.15) is 4.58 Å². The van der Waals surface area contributed by atoms with Crippen molar-refractivity contribution in [2.75, 3.05) is 24.5 Å². The van der Waals surface area contributed by atoms with Crippen LogP contribution < -0.4 is 10.2 Å². The maximum Gasteiger partial charge on any atom is 0.305 e. The lowest BCUT2D eigenvalue weighted by Gasteiger charge is -2.28. The van der Waals surface area contributed by atoms with Crippen molar-refractivity contribution in [3.63, 3.8) is 0 Å². The Hall–Kier alpha value is -3.86. The Bertz CT molecular complexity index is 1700. The number of rotatable bonds is 13. The van der Waals surface area contributed by atoms with Crippen LogP contribution in [0.5, 0.6) is 0 Å². The monoisotopic (exact) mass is 648 g/mol. The number of aliphatic carboxylic acids is 1. The molecule has 0 saturated heterocycles. The molecular weight excluding hydrogens is 590 g/mol. The normalized spacial score (nSPS) is 20.0. The van der Waals surface area contributed by atoms with E-state index in [9.17, 15) is 9.90 Å². The summed E-state index contributed by atoms with van der Waals surface area (Å²) in [5.41, 5.74) is 14.1. The van der Waals surface area contributed by atoms with Crippen LogP contribution in [0.15, 0.2) is 83.2 Å². The lowest BCUT2D eigenvalue weighted by Crippen LogP contribution is -2.28. The number of allylic oxidation sites excluding steroid dienone is 7. The highest BCUT2D eigenvalue weighted by Gasteiger charge is 2.44. The molecule has 48 heavy (non-hydrogen) atoms. The second-order valence-electron chi connectivity index (χ2n) is 15.1. The summed E-state index contributed by atoms with van der Waals surface area (Å²) in [4.78, 5) is 14.1. The van der Waals surface area contributed by atoms with Crippen molar-refractivity contribution in [3.05, 3.63) is 105 Å². The number of carboxylic acid groups (broad SMARTS) is 1. The predicted octanol–water partition coefficient (Wildman–Crippen LogP) is 9.95. The molecule has 0 spiro atoms. The molecule has 0 amide bonds. The van der Waals surface area contributed by atoms with Crippen molar-refractivity contribution < 1.29 is 14.5 Å². The average molecular weight is 649 g/mol. The zero-order valence-corrected chi connectivity index (χ0v) is 30.8. The van der Waals surface area contributed by atoms with E-state index in [0.29, 0.717) is 6.54 Å². The number of hydrogen-bond donors (Lipinski definition) is 2. The summed E-state index contributed by atoms with van der Waals surface area (Å²) >= 11 is 0. The molecule has 2 heterocycles. The van der Waals surface area contributed by atoms with Crippen LogP contribution in [0.1, 0.15) is 115 Å². The highest BCUT2D eigenvalue weighted by Crippen LogP contribution is 2.48. The number of nitrogens with zero attached hydrogens (tertiary/aromatic N) is 2. The first-order valence-corrected chi connectivity index (χ1v) is 18.3. The SMILES string of the molecule is CCCCN1/C(=C\C=C2/CCCC(/C=C/C3=[N+](CCCC)c4ccc(C)cc4C3(C)C)=C2NCCC(=O)O)C(C)(C)c2cc(C)ccc21. The number of hydrogen-bond acceptors (Lipinski definition) is 3. The van der Waals surface area contributed by atoms with Gasteiger partial charge in [0.1, 0.15) is 6.54 Å². The van der Waals surface area contributed by atoms with Crippen molar-refractivity contribution in [2.24, 2.45) is 0 Å². The fourth-order valence-corrected chi connectivity index (χ4v) is 7.83. The Labute approximate surface area is 289 Å². The van der Waals surface area contributed by atoms with Gasteiger partial charge in [0.25, 0.3) is 0 Å². The third kappa shape index (κ3) is 7.11. The second kappa shape index (κ2) is 14.7. The molecule has 5 nitrogen and oxygen atoms in total. The summed E-state index contributed by atoms with van der Waals surface area (Å²) in [6.07, 6.45) is 17.0. The number of nitrogens with one attached hydrogen (secondary N) is 1. The van der Waals surface area contributed by atoms with E-state index in [0.717, 1.165) is 63.7 Å². The van der Waals surface area contributed by atoms with Gasteiger partial charge >= 0.3 is 5.97 Å². The van der Waals surface area contributed by atoms with Gasteiger partial charge in [0.15, 0.2) is 5.71 Å². The van der Waals surface area contributed by atoms with Gasteiger partial charge in [-0.3, -0.25) is 4.79 Å². The van der Waals surface area contributed by atoms with Crippen molar-refractivity contribution in [1.29, 1.82) is 0 Å². The lowest BCUT2D eigenvalue weighted by molar-refractivity contribution is -0.438. The number of aryl methyl sites for hydroxylation is 2. The molecule has 3 aliphatic rings. The van der Waals surface area contributed by atoms with Crippen LogP contribution >= 0.6 is 0 Å². The van der Waals surface area contributed by atoms with Gasteiger partial charge in [-0.05, 0) is 88.3 Å². The molecule has 0 fully saturated rings. The van der Waals surface area contributed by atoms with Crippen molar-refractivity contribution >= 4 is 23.1 Å². The van der Waals surface area contributed by atoms with E-state index in [1.54, 1.807) is 0 Å². The maximum atomic E-state index is 11.5. The van der Waals surface area contributed by atoms with Gasteiger partial charge in [-0.15, -0.1) is 0 Å². The molecule has 1 aliphatic carbocycles. The van der Waals surface area contributed by atoms with Gasteiger partial charge in [0.05, 0.1) is 11.8 Å². The van der Waals surface area contributed by atoms with Crippen molar-refractivity contribution in [1.82, 2.24) is 5.32 Å². The van der Waals surface area contributed by atoms with E-state index >= 15 is 0 Å². The highest BCUT2D eigenvalue weighted by molar-refractivity contribution is 6.03. The fourth-order valence-electron chi connectivity index (χ4n) is 7.83. The fraction of sp³-hybridized carbons (Fsp3) is 0.488. The molecule has 2 N–H and O–H groups in total. The Kier molecular flexibility index (Phi) is 10.9. The molecule has 0 aromatic heterocycles. The van der Waals surface area contributed by atoms with Crippen LogP contribution in [-0.2, 0) is 15.6 Å². The van der Waals surface area contributed by atoms with E-state index in [-0.39, 0.29) is 17.3 Å². The number of carboxylic acids is 1. The number of anilines is 1. The minimum absolute atomic E-state index is 0.0885. The zero-order valence-electron chi connectivity index (χ0n) is 30.8. The van der Waals surface area contributed by atoms with E-state index in [4.69, 9.17) is 0 Å². The molecular formula is C43H58N3O2+. The molecule has 0 bridgehead atoms. The minimum atomic E-state index is -0.779. The van der Waals surface area contributed by atoms with Gasteiger partial charge in [-0.25, -0.2) is 0 Å². The molecule has 5 heteroatoms. The molecule has 256 valence electrons. The third-order valence-electron chi connectivity index (χ3n) is 10.6. The van der Waals surface area contributed by atoms with Crippen LogP contribution in [-0.4, -0.2) is 41.0 Å². The van der Waals surface area contributed by atoms with Crippen LogP contribution in [0, 0.1) is 13.8 Å². The molecule has 0 saturated carbocycles. The zero-order chi connectivity index (χ0) is 34.6. The van der Waals surface area contributed by atoms with E-state index in [2.05, 4.69) is 131 Å². The summed E-state index contributed by atoms with van der Waals surface area (Å²) < 4.78 is 2.53. The molecule has 0 unspecified atom stereocenters. The van der Waals surface area contributed by atoms with Gasteiger partial charge in [0.2, 0.25) is 5.69 Å². The van der Waals surface area contributed by atoms with E-state index in [1.807, 2.05) is 0 Å². The molecule has 0 radical (unpaired) electrons. The van der Waals surface area contributed by atoms with Crippen LogP contribution in [0.3, 0.4) is 0 Å². The molecule has 5 rings (SSSR count). The van der Waals surface area contributed by atoms with Crippen LogP contribution in [0.25, 0.3) is 0 Å². The first kappa shape index (κ1) is 35.4. The van der Waals surface area contributed by atoms with Crippen LogP contribution in [0.2, 0.25) is 0 Å². The molecule has 0 atom stereocenters. The highest BCUT2D eigenvalue weighted by atomic mass is 16.4. The van der Waals surface area contributed by atoms with E-state index < -0.39 is 5.97 Å². The van der Waals surface area contributed by atoms with E-state index in [1.165, 1.54) is 56.2 Å². The van der Waals surface area contributed by atoms with Crippen molar-refractivity contribution in [3.8, 4) is 0 Å². The standard InChI is InChI=1S/C43H57N3O2/c1-9-11-26-45-36-20-16-30(3)28-34(36)42(5,6)38(45)22-18-32-14-13-15-33(41(32)44-25-24-40(47)48)19-23-39-43(7,8)35-29-31(4)17-21-37(35)46(39)27-12-10-2/h16-23,28-29H,9-15,24-27H2,1-8H3,(H,47,48)/p+1/b32-18+,38-22-. The molecule has 2 aliphatic heterocycles. The first-order chi connectivity index (χ1) is 22.9. The van der Waals surface area contributed by atoms with Gasteiger partial charge in [-0.1, -0.05) is 82.0 Å². The number of carbonyl (C=O) groups is 1. The maximum absolute atomic E-state index is 11.5. The quantitative estimate of drug-likeness (QED) is 0.212. The van der Waals surface area contributed by atoms with Gasteiger partial charge in [0, 0.05) is 59.7 Å². The van der Waals surface area contributed by atoms with Gasteiger partial charge < -0.3 is 15.3 Å². The lowest BCUT2D eigenvalue weighted by atomic mass is 9.80. The number of benzene rings is 2. The number of fused-ring (bicyclic) bond motifs is 2. The Morgan fingerprint density at radius 1 is 0.917 bits per heavy atom. The summed E-state index contributed by atoms with van der Waals surface area (Å²) in [5.74, 6) is -0.779. The Morgan fingerprint density at radius 2 is 1.62 bits per heavy atom. The smallest absolute Gasteiger partial charge is 0.305 e. The topological polar surface area (TPSA) is 55.6 Å². The number of unbranched alkanes of at least 4 members (excludes halogenated alkanes) is 2. The third-order valence-corrected chi connectivity index (χ3v) is 10.6. The molecule has 2 aromatic carbocycles. The summed E-state index contributed by atoms with van der Waals surface area (Å²) in [6, 6.07) is 13.8. The van der Waals surface area contributed by atoms with Crippen molar-refractivity contribution in [2.45, 2.75) is 118 Å². The molecule has 2 aromatic rings. The second-order valence-corrected chi connectivity index (χ2v) is 15.1. The summed E-state index contributed by atoms with van der Waals surface area (Å²) in [7, 11) is 0. The van der Waals surface area contributed by atoms with Crippen LogP contribution in [0.4, 0.5) is 11.4 Å². The average Bonchev–Trinajstić information content (AvgIpc) is 3.38. The summed E-state index contributed by atoms with van der Waals surface area (Å²) in [5, 5.41) is 13.1. The Balaban J connectivity index is 1.57.